The van der Waals surface area contributed by atoms with Gasteiger partial charge in [0.1, 0.15) is 0 Å². The van der Waals surface area contributed by atoms with Gasteiger partial charge in [-0.05, 0) is 42.5 Å². The van der Waals surface area contributed by atoms with Crippen molar-refractivity contribution in [1.29, 1.82) is 0 Å². The summed E-state index contributed by atoms with van der Waals surface area (Å²) in [5.41, 5.74) is 3.90. The molecule has 10 heteroatoms. The van der Waals surface area contributed by atoms with Crippen LogP contribution in [0.3, 0.4) is 0 Å². The lowest BCUT2D eigenvalue weighted by Gasteiger charge is -2.36. The predicted molar refractivity (Wildman–Crippen MR) is 155 cm³/mol. The van der Waals surface area contributed by atoms with Crippen molar-refractivity contribution >= 4 is 51.9 Å². The third-order valence-electron chi connectivity index (χ3n) is 7.88. The van der Waals surface area contributed by atoms with E-state index in [4.69, 9.17) is 9.72 Å². The number of para-hydroxylation sites is 1. The quantitative estimate of drug-likeness (QED) is 0.460. The van der Waals surface area contributed by atoms with Crippen molar-refractivity contribution in [3.8, 4) is 0 Å². The number of morpholine rings is 1. The number of hydrogen-bond acceptors (Lipinski definition) is 7. The zero-order valence-corrected chi connectivity index (χ0v) is 23.1. The van der Waals surface area contributed by atoms with Gasteiger partial charge in [0.15, 0.2) is 0 Å². The van der Waals surface area contributed by atoms with Crippen LogP contribution in [0.15, 0.2) is 54.2 Å². The second kappa shape index (κ2) is 10.8. The minimum atomic E-state index is -0.262. The highest BCUT2D eigenvalue weighted by molar-refractivity contribution is 6.26. The van der Waals surface area contributed by atoms with Crippen molar-refractivity contribution in [2.45, 2.75) is 13.8 Å². The molecule has 0 saturated carbocycles. The Labute approximate surface area is 237 Å². The van der Waals surface area contributed by atoms with Gasteiger partial charge >= 0.3 is 0 Å². The standard InChI is InChI=1S/C31H31N5O5/c1-20(37)33-9-11-34(12-10-33)28-18-23(19-29-30(39)24-5-3-4-6-27(24)36(29)21(2)38)32-26-8-7-22(17-25(26)28)31(40)35-13-15-41-16-14-35/h3-8,17-19H,9-16H2,1-2H3/b29-19-. The number of ether oxygens (including phenoxy) is 1. The number of rotatable bonds is 3. The summed E-state index contributed by atoms with van der Waals surface area (Å²) in [5.74, 6) is -0.514. The number of nitrogens with zero attached hydrogens (tertiary/aromatic N) is 5. The zero-order valence-electron chi connectivity index (χ0n) is 23.1. The Morgan fingerprint density at radius 3 is 2.27 bits per heavy atom. The van der Waals surface area contributed by atoms with E-state index in [-0.39, 0.29) is 29.2 Å². The average Bonchev–Trinajstić information content (AvgIpc) is 3.27. The van der Waals surface area contributed by atoms with Crippen LogP contribution in [0, 0.1) is 0 Å². The van der Waals surface area contributed by atoms with Crippen molar-refractivity contribution in [2.24, 2.45) is 0 Å². The number of ketones is 1. The molecule has 3 aliphatic rings. The van der Waals surface area contributed by atoms with Crippen molar-refractivity contribution in [2.75, 3.05) is 62.3 Å². The molecular weight excluding hydrogens is 522 g/mol. The van der Waals surface area contributed by atoms with Crippen LogP contribution in [0.2, 0.25) is 0 Å². The van der Waals surface area contributed by atoms with Gasteiger partial charge in [0.2, 0.25) is 17.6 Å². The van der Waals surface area contributed by atoms with E-state index in [0.717, 1.165) is 11.1 Å². The van der Waals surface area contributed by atoms with Gasteiger partial charge in [0.05, 0.1) is 35.8 Å². The maximum absolute atomic E-state index is 13.3. The van der Waals surface area contributed by atoms with Crippen molar-refractivity contribution in [1.82, 2.24) is 14.8 Å². The Morgan fingerprint density at radius 2 is 1.56 bits per heavy atom. The first-order chi connectivity index (χ1) is 19.8. The van der Waals surface area contributed by atoms with Crippen LogP contribution >= 0.6 is 0 Å². The fraction of sp³-hybridized carbons (Fsp3) is 0.323. The van der Waals surface area contributed by atoms with E-state index in [2.05, 4.69) is 4.90 Å². The van der Waals surface area contributed by atoms with Crippen LogP contribution in [-0.4, -0.2) is 90.8 Å². The number of carbonyl (C=O) groups excluding carboxylic acids is 4. The molecule has 3 amide bonds. The van der Waals surface area contributed by atoms with E-state index < -0.39 is 0 Å². The summed E-state index contributed by atoms with van der Waals surface area (Å²) in [5, 5.41) is 0.812. The summed E-state index contributed by atoms with van der Waals surface area (Å²) in [7, 11) is 0. The highest BCUT2D eigenvalue weighted by atomic mass is 16.5. The number of aromatic nitrogens is 1. The lowest BCUT2D eigenvalue weighted by atomic mass is 10.0. The van der Waals surface area contributed by atoms with Gasteiger partial charge in [-0.3, -0.25) is 24.1 Å². The second-order valence-electron chi connectivity index (χ2n) is 10.4. The first kappa shape index (κ1) is 26.6. The number of allylic oxidation sites excluding steroid dienone is 1. The molecule has 0 spiro atoms. The number of piperazine rings is 1. The van der Waals surface area contributed by atoms with Crippen molar-refractivity contribution < 1.29 is 23.9 Å². The first-order valence-electron chi connectivity index (χ1n) is 13.8. The van der Waals surface area contributed by atoms with E-state index in [1.807, 2.05) is 23.1 Å². The van der Waals surface area contributed by atoms with Gasteiger partial charge in [-0.1, -0.05) is 12.1 Å². The molecule has 10 nitrogen and oxygen atoms in total. The normalized spacial score (nSPS) is 18.3. The molecular formula is C31H31N5O5. The van der Waals surface area contributed by atoms with Crippen LogP contribution < -0.4 is 9.80 Å². The van der Waals surface area contributed by atoms with Gasteiger partial charge in [-0.25, -0.2) is 4.98 Å². The monoisotopic (exact) mass is 553 g/mol. The minimum absolute atomic E-state index is 0.0386. The SMILES string of the molecule is CC(=O)N1CCN(c2cc(/C=C3/C(=O)c4ccccc4N3C(C)=O)nc3ccc(C(=O)N4CCOCC4)cc23)CC1. The maximum Gasteiger partial charge on any atom is 0.254 e. The molecule has 1 aromatic heterocycles. The molecule has 0 unspecified atom stereocenters. The van der Waals surface area contributed by atoms with Crippen LogP contribution in [-0.2, 0) is 14.3 Å². The highest BCUT2D eigenvalue weighted by Crippen LogP contribution is 2.36. The smallest absolute Gasteiger partial charge is 0.254 e. The summed E-state index contributed by atoms with van der Waals surface area (Å²) in [6, 6.07) is 14.4. The largest absolute Gasteiger partial charge is 0.378 e. The summed E-state index contributed by atoms with van der Waals surface area (Å²) >= 11 is 0. The van der Waals surface area contributed by atoms with Gasteiger partial charge in [0.25, 0.3) is 5.91 Å². The number of benzene rings is 2. The summed E-state index contributed by atoms with van der Waals surface area (Å²) in [4.78, 5) is 63.3. The average molecular weight is 554 g/mol. The number of fused-ring (bicyclic) bond motifs is 2. The number of amides is 3. The van der Waals surface area contributed by atoms with E-state index in [1.54, 1.807) is 48.2 Å². The second-order valence-corrected chi connectivity index (χ2v) is 10.4. The Kier molecular flexibility index (Phi) is 7.00. The van der Waals surface area contributed by atoms with Crippen LogP contribution in [0.25, 0.3) is 17.0 Å². The fourth-order valence-electron chi connectivity index (χ4n) is 5.75. The number of carbonyl (C=O) groups is 4. The molecule has 2 fully saturated rings. The number of pyridine rings is 1. The molecule has 0 aliphatic carbocycles. The Bertz CT molecular complexity index is 1600. The molecule has 0 radical (unpaired) electrons. The van der Waals surface area contributed by atoms with Crippen LogP contribution in [0.4, 0.5) is 11.4 Å². The Balaban J connectivity index is 1.44. The molecule has 4 heterocycles. The molecule has 2 saturated heterocycles. The lowest BCUT2D eigenvalue weighted by Crippen LogP contribution is -2.48. The predicted octanol–water partition coefficient (Wildman–Crippen LogP) is 2.97. The Hall–Kier alpha value is -4.57. The third-order valence-corrected chi connectivity index (χ3v) is 7.88. The Morgan fingerprint density at radius 1 is 0.829 bits per heavy atom. The van der Waals surface area contributed by atoms with Gasteiger partial charge in [0, 0.05) is 75.3 Å². The van der Waals surface area contributed by atoms with E-state index in [9.17, 15) is 19.2 Å². The molecule has 0 atom stereocenters. The van der Waals surface area contributed by atoms with Crippen molar-refractivity contribution in [3.05, 3.63) is 71.0 Å². The molecule has 210 valence electrons. The molecule has 2 aromatic carbocycles. The topological polar surface area (TPSA) is 103 Å². The molecule has 0 bridgehead atoms. The fourth-order valence-corrected chi connectivity index (χ4v) is 5.75. The summed E-state index contributed by atoms with van der Waals surface area (Å²) in [6.45, 7) is 7.51. The lowest BCUT2D eigenvalue weighted by molar-refractivity contribution is -0.129. The summed E-state index contributed by atoms with van der Waals surface area (Å²) in [6.07, 6.45) is 1.66. The van der Waals surface area contributed by atoms with Crippen LogP contribution in [0.5, 0.6) is 0 Å². The molecule has 41 heavy (non-hydrogen) atoms. The first-order valence-corrected chi connectivity index (χ1v) is 13.8. The number of Topliss-reactive ketones (excluding diaryl/α,β-unsaturated/α-hetero) is 1. The minimum Gasteiger partial charge on any atom is -0.378 e. The van der Waals surface area contributed by atoms with Crippen molar-refractivity contribution in [3.63, 3.8) is 0 Å². The molecule has 3 aromatic rings. The number of anilines is 2. The summed E-state index contributed by atoms with van der Waals surface area (Å²) < 4.78 is 5.41. The van der Waals surface area contributed by atoms with E-state index in [0.29, 0.717) is 80.5 Å². The molecule has 0 N–H and O–H groups in total. The third kappa shape index (κ3) is 4.95. The van der Waals surface area contributed by atoms with E-state index >= 15 is 0 Å². The van der Waals surface area contributed by atoms with Gasteiger partial charge in [-0.15, -0.1) is 0 Å². The number of hydrogen-bond donors (Lipinski definition) is 0. The zero-order chi connectivity index (χ0) is 28.7. The molecule has 6 rings (SSSR count). The molecule has 3 aliphatic heterocycles. The van der Waals surface area contributed by atoms with Gasteiger partial charge < -0.3 is 19.4 Å². The highest BCUT2D eigenvalue weighted by Gasteiger charge is 2.34. The van der Waals surface area contributed by atoms with E-state index in [1.165, 1.54) is 11.8 Å². The van der Waals surface area contributed by atoms with Crippen LogP contribution in [0.1, 0.15) is 40.3 Å². The maximum atomic E-state index is 13.3. The van der Waals surface area contributed by atoms with Gasteiger partial charge in [-0.2, -0.15) is 0 Å².